The van der Waals surface area contributed by atoms with Gasteiger partial charge in [-0.15, -0.1) is 0 Å². The van der Waals surface area contributed by atoms with Crippen LogP contribution in [-0.2, 0) is 6.54 Å². The third-order valence-corrected chi connectivity index (χ3v) is 2.53. The van der Waals surface area contributed by atoms with Crippen LogP contribution in [0.15, 0.2) is 42.6 Å². The number of aromatic nitrogens is 1. The number of nitrogens with zero attached hydrogens (tertiary/aromatic N) is 1. The molecule has 1 amide bonds. The molecule has 0 aliphatic rings. The minimum absolute atomic E-state index is 0.262. The van der Waals surface area contributed by atoms with E-state index in [4.69, 9.17) is 5.84 Å². The van der Waals surface area contributed by atoms with E-state index in [1.165, 1.54) is 18.3 Å². The van der Waals surface area contributed by atoms with E-state index in [0.717, 1.165) is 5.56 Å². The maximum atomic E-state index is 12.7. The summed E-state index contributed by atoms with van der Waals surface area (Å²) in [6.45, 7) is 0.307. The van der Waals surface area contributed by atoms with Crippen LogP contribution in [0.3, 0.4) is 0 Å². The number of hydrazine groups is 1. The van der Waals surface area contributed by atoms with Crippen molar-refractivity contribution < 1.29 is 9.18 Å². The van der Waals surface area contributed by atoms with Crippen molar-refractivity contribution in [2.45, 2.75) is 6.54 Å². The second-order valence-corrected chi connectivity index (χ2v) is 3.88. The molecular formula is C13H13FN4O. The molecule has 6 heteroatoms. The van der Waals surface area contributed by atoms with E-state index in [-0.39, 0.29) is 17.4 Å². The van der Waals surface area contributed by atoms with Crippen LogP contribution in [0.4, 0.5) is 10.1 Å². The Morgan fingerprint density at radius 2 is 2.00 bits per heavy atom. The number of carbonyl (C=O) groups excluding carboxylic acids is 1. The van der Waals surface area contributed by atoms with Crippen LogP contribution in [0.1, 0.15) is 16.1 Å². The number of halogens is 1. The first kappa shape index (κ1) is 13.0. The second-order valence-electron chi connectivity index (χ2n) is 3.88. The molecule has 0 radical (unpaired) electrons. The highest BCUT2D eigenvalue weighted by molar-refractivity contribution is 5.93. The normalized spacial score (nSPS) is 10.0. The summed E-state index contributed by atoms with van der Waals surface area (Å²) in [4.78, 5) is 15.8. The van der Waals surface area contributed by atoms with Gasteiger partial charge >= 0.3 is 0 Å². The summed E-state index contributed by atoms with van der Waals surface area (Å²) in [6.07, 6.45) is 1.49. The summed E-state index contributed by atoms with van der Waals surface area (Å²) in [5.41, 5.74) is 4.11. The smallest absolute Gasteiger partial charge is 0.270 e. The Morgan fingerprint density at radius 1 is 1.26 bits per heavy atom. The van der Waals surface area contributed by atoms with Gasteiger partial charge in [-0.05, 0) is 29.8 Å². The van der Waals surface area contributed by atoms with Crippen LogP contribution in [-0.4, -0.2) is 10.9 Å². The highest BCUT2D eigenvalue weighted by Gasteiger charge is 2.07. The van der Waals surface area contributed by atoms with E-state index in [1.54, 1.807) is 24.3 Å². The van der Waals surface area contributed by atoms with E-state index < -0.39 is 0 Å². The minimum Gasteiger partial charge on any atom is -0.347 e. The van der Waals surface area contributed by atoms with Crippen molar-refractivity contribution in [2.75, 3.05) is 5.43 Å². The number of hydrogen-bond donors (Lipinski definition) is 3. The van der Waals surface area contributed by atoms with Crippen molar-refractivity contribution in [2.24, 2.45) is 5.84 Å². The van der Waals surface area contributed by atoms with Gasteiger partial charge in [0.1, 0.15) is 11.5 Å². The number of nitrogens with one attached hydrogen (secondary N) is 2. The van der Waals surface area contributed by atoms with Gasteiger partial charge < -0.3 is 10.7 Å². The van der Waals surface area contributed by atoms with Gasteiger partial charge in [0, 0.05) is 12.7 Å². The van der Waals surface area contributed by atoms with Crippen molar-refractivity contribution in [3.05, 3.63) is 59.7 Å². The van der Waals surface area contributed by atoms with Gasteiger partial charge in [-0.25, -0.2) is 4.39 Å². The number of nitrogens with two attached hydrogens (primary N) is 1. The van der Waals surface area contributed by atoms with Crippen LogP contribution >= 0.6 is 0 Å². The fourth-order valence-electron chi connectivity index (χ4n) is 1.52. The molecule has 0 fully saturated rings. The molecule has 0 saturated carbocycles. The zero-order valence-electron chi connectivity index (χ0n) is 10.1. The molecule has 1 aromatic heterocycles. The van der Waals surface area contributed by atoms with E-state index in [2.05, 4.69) is 15.7 Å². The lowest BCUT2D eigenvalue weighted by Crippen LogP contribution is -2.24. The molecule has 2 rings (SSSR count). The Balaban J connectivity index is 1.99. The number of nitrogen functional groups attached to an aromatic ring is 1. The molecule has 0 atom stereocenters. The molecule has 4 N–H and O–H groups in total. The van der Waals surface area contributed by atoms with Gasteiger partial charge in [0.05, 0.1) is 5.69 Å². The highest BCUT2D eigenvalue weighted by Crippen LogP contribution is 2.07. The highest BCUT2D eigenvalue weighted by atomic mass is 19.1. The zero-order chi connectivity index (χ0) is 13.7. The maximum Gasteiger partial charge on any atom is 0.270 e. The van der Waals surface area contributed by atoms with Crippen LogP contribution in [0.2, 0.25) is 0 Å². The molecule has 1 heterocycles. The Kier molecular flexibility index (Phi) is 4.04. The molecule has 1 aromatic carbocycles. The molecule has 0 bridgehead atoms. The third kappa shape index (κ3) is 3.49. The lowest BCUT2D eigenvalue weighted by molar-refractivity contribution is 0.0946. The summed E-state index contributed by atoms with van der Waals surface area (Å²) < 4.78 is 12.7. The monoisotopic (exact) mass is 260 g/mol. The molecular weight excluding hydrogens is 247 g/mol. The Labute approximate surface area is 109 Å². The summed E-state index contributed by atoms with van der Waals surface area (Å²) in [7, 11) is 0. The van der Waals surface area contributed by atoms with Crippen molar-refractivity contribution in [1.29, 1.82) is 0 Å². The summed E-state index contributed by atoms with van der Waals surface area (Å²) in [6, 6.07) is 9.11. The van der Waals surface area contributed by atoms with Gasteiger partial charge in [0.15, 0.2) is 0 Å². The second kappa shape index (κ2) is 5.92. The fourth-order valence-corrected chi connectivity index (χ4v) is 1.52. The van der Waals surface area contributed by atoms with Crippen LogP contribution < -0.4 is 16.6 Å². The summed E-state index contributed by atoms with van der Waals surface area (Å²) in [5.74, 6) is 4.63. The van der Waals surface area contributed by atoms with Gasteiger partial charge in [0.2, 0.25) is 0 Å². The molecule has 0 aliphatic carbocycles. The number of carbonyl (C=O) groups is 1. The largest absolute Gasteiger partial charge is 0.347 e. The van der Waals surface area contributed by atoms with E-state index in [1.807, 2.05) is 0 Å². The Bertz CT molecular complexity index is 571. The van der Waals surface area contributed by atoms with Crippen molar-refractivity contribution in [3.63, 3.8) is 0 Å². The van der Waals surface area contributed by atoms with Crippen LogP contribution in [0, 0.1) is 5.82 Å². The molecule has 5 nitrogen and oxygen atoms in total. The molecule has 2 aromatic rings. The van der Waals surface area contributed by atoms with Crippen molar-refractivity contribution >= 4 is 11.6 Å². The molecule has 98 valence electrons. The van der Waals surface area contributed by atoms with Crippen molar-refractivity contribution in [1.82, 2.24) is 10.3 Å². The first-order chi connectivity index (χ1) is 9.19. The first-order valence-corrected chi connectivity index (χ1v) is 5.64. The van der Waals surface area contributed by atoms with Crippen molar-refractivity contribution in [3.8, 4) is 0 Å². The fraction of sp³-hybridized carbons (Fsp3) is 0.0769. The molecule has 19 heavy (non-hydrogen) atoms. The van der Waals surface area contributed by atoms with Gasteiger partial charge in [-0.2, -0.15) is 0 Å². The minimum atomic E-state index is -0.318. The Hall–Kier alpha value is -2.47. The van der Waals surface area contributed by atoms with Crippen LogP contribution in [0.25, 0.3) is 0 Å². The van der Waals surface area contributed by atoms with E-state index in [0.29, 0.717) is 12.2 Å². The molecule has 0 unspecified atom stereocenters. The number of anilines is 1. The van der Waals surface area contributed by atoms with E-state index in [9.17, 15) is 9.18 Å². The number of amides is 1. The van der Waals surface area contributed by atoms with Gasteiger partial charge in [-0.3, -0.25) is 15.6 Å². The zero-order valence-corrected chi connectivity index (χ0v) is 10.1. The maximum absolute atomic E-state index is 12.7. The first-order valence-electron chi connectivity index (χ1n) is 5.64. The molecule has 0 saturated heterocycles. The number of hydrogen-bond acceptors (Lipinski definition) is 4. The molecule has 0 aliphatic heterocycles. The Morgan fingerprint density at radius 3 is 2.68 bits per heavy atom. The predicted molar refractivity (Wildman–Crippen MR) is 69.6 cm³/mol. The number of benzene rings is 1. The number of rotatable bonds is 4. The number of pyridine rings is 1. The lowest BCUT2D eigenvalue weighted by atomic mass is 10.2. The topological polar surface area (TPSA) is 80.0 Å². The van der Waals surface area contributed by atoms with E-state index >= 15 is 0 Å². The molecule has 0 spiro atoms. The van der Waals surface area contributed by atoms with Gasteiger partial charge in [0.25, 0.3) is 5.91 Å². The SMILES string of the molecule is NNc1ccnc(C(=O)NCc2ccc(F)cc2)c1. The summed E-state index contributed by atoms with van der Waals surface area (Å²) in [5, 5.41) is 2.69. The third-order valence-electron chi connectivity index (χ3n) is 2.53. The average Bonchev–Trinajstić information content (AvgIpc) is 2.46. The predicted octanol–water partition coefficient (Wildman–Crippen LogP) is 1.44. The van der Waals surface area contributed by atoms with Gasteiger partial charge in [-0.1, -0.05) is 12.1 Å². The standard InChI is InChI=1S/C13H13FN4O/c14-10-3-1-9(2-4-10)8-17-13(19)12-7-11(18-15)5-6-16-12/h1-7H,8,15H2,(H,16,18)(H,17,19). The average molecular weight is 260 g/mol. The van der Waals surface area contributed by atoms with Crippen LogP contribution in [0.5, 0.6) is 0 Å². The lowest BCUT2D eigenvalue weighted by Gasteiger charge is -2.06. The quantitative estimate of drug-likeness (QED) is 0.574. The summed E-state index contributed by atoms with van der Waals surface area (Å²) >= 11 is 0.